The summed E-state index contributed by atoms with van der Waals surface area (Å²) in [4.78, 5) is 17.5. The Labute approximate surface area is 128 Å². The summed E-state index contributed by atoms with van der Waals surface area (Å²) in [5, 5.41) is 0. The zero-order valence-corrected chi connectivity index (χ0v) is 12.6. The standard InChI is InChI=1S/C14H11F4O4P/c1-22-8-4-2-7(3-5-8)10-13(17)11(15)9(6-23(19,20)21)12(16)14(10)18/h2-5H,6H2,1H3,(H2,19,20,21). The first-order valence-electron chi connectivity index (χ1n) is 6.19. The van der Waals surface area contributed by atoms with Gasteiger partial charge < -0.3 is 14.5 Å². The van der Waals surface area contributed by atoms with Crippen LogP contribution in [0.4, 0.5) is 17.6 Å². The Morgan fingerprint density at radius 1 is 0.957 bits per heavy atom. The summed E-state index contributed by atoms with van der Waals surface area (Å²) in [6.07, 6.45) is -1.44. The van der Waals surface area contributed by atoms with E-state index in [9.17, 15) is 22.1 Å². The topological polar surface area (TPSA) is 66.8 Å². The van der Waals surface area contributed by atoms with Gasteiger partial charge in [0.15, 0.2) is 23.3 Å². The van der Waals surface area contributed by atoms with Gasteiger partial charge in [0.1, 0.15) is 5.75 Å². The maximum Gasteiger partial charge on any atom is 0.330 e. The minimum absolute atomic E-state index is 0.152. The van der Waals surface area contributed by atoms with Crippen molar-refractivity contribution >= 4 is 7.60 Å². The summed E-state index contributed by atoms with van der Waals surface area (Å²) in [6, 6.07) is 5.07. The SMILES string of the molecule is COc1ccc(-c2c(F)c(F)c(CP(=O)(O)O)c(F)c2F)cc1. The van der Waals surface area contributed by atoms with Crippen molar-refractivity contribution in [1.82, 2.24) is 0 Å². The molecule has 4 nitrogen and oxygen atoms in total. The highest BCUT2D eigenvalue weighted by Gasteiger charge is 2.29. The Kier molecular flexibility index (Phi) is 4.79. The van der Waals surface area contributed by atoms with E-state index in [0.717, 1.165) is 0 Å². The first-order valence-corrected chi connectivity index (χ1v) is 7.99. The van der Waals surface area contributed by atoms with Gasteiger partial charge in [-0.2, -0.15) is 0 Å². The van der Waals surface area contributed by atoms with Gasteiger partial charge in [-0.15, -0.1) is 0 Å². The van der Waals surface area contributed by atoms with Gasteiger partial charge in [0.05, 0.1) is 18.8 Å². The summed E-state index contributed by atoms with van der Waals surface area (Å²) in [6.45, 7) is 0. The van der Waals surface area contributed by atoms with Crippen molar-refractivity contribution < 1.29 is 36.7 Å². The van der Waals surface area contributed by atoms with Gasteiger partial charge in [0, 0.05) is 5.56 Å². The lowest BCUT2D eigenvalue weighted by atomic mass is 10.0. The fourth-order valence-electron chi connectivity index (χ4n) is 2.03. The second-order valence-corrected chi connectivity index (χ2v) is 6.31. The molecular weight excluding hydrogens is 339 g/mol. The molecule has 2 N–H and O–H groups in total. The zero-order valence-electron chi connectivity index (χ0n) is 11.7. The maximum absolute atomic E-state index is 14.1. The maximum atomic E-state index is 14.1. The van der Waals surface area contributed by atoms with Gasteiger partial charge in [-0.05, 0) is 17.7 Å². The number of methoxy groups -OCH3 is 1. The molecule has 0 unspecified atom stereocenters. The molecule has 0 atom stereocenters. The Balaban J connectivity index is 2.64. The van der Waals surface area contributed by atoms with Crippen molar-refractivity contribution in [1.29, 1.82) is 0 Å². The van der Waals surface area contributed by atoms with Crippen LogP contribution in [0.3, 0.4) is 0 Å². The van der Waals surface area contributed by atoms with Crippen LogP contribution >= 0.6 is 7.60 Å². The highest BCUT2D eigenvalue weighted by Crippen LogP contribution is 2.42. The molecule has 0 bridgehead atoms. The second-order valence-electron chi connectivity index (χ2n) is 4.66. The Morgan fingerprint density at radius 2 is 1.43 bits per heavy atom. The lowest BCUT2D eigenvalue weighted by molar-refractivity contribution is 0.367. The van der Waals surface area contributed by atoms with Crippen LogP contribution in [-0.4, -0.2) is 16.9 Å². The third kappa shape index (κ3) is 3.55. The van der Waals surface area contributed by atoms with Crippen molar-refractivity contribution in [2.24, 2.45) is 0 Å². The van der Waals surface area contributed by atoms with E-state index in [2.05, 4.69) is 0 Å². The van der Waals surface area contributed by atoms with Crippen LogP contribution in [0, 0.1) is 23.3 Å². The molecule has 9 heteroatoms. The normalized spacial score (nSPS) is 11.6. The second kappa shape index (κ2) is 6.31. The van der Waals surface area contributed by atoms with E-state index in [0.29, 0.717) is 5.75 Å². The largest absolute Gasteiger partial charge is 0.497 e. The van der Waals surface area contributed by atoms with Crippen molar-refractivity contribution in [3.05, 3.63) is 53.1 Å². The van der Waals surface area contributed by atoms with Gasteiger partial charge >= 0.3 is 7.60 Å². The molecule has 0 fully saturated rings. The minimum atomic E-state index is -4.91. The third-order valence-electron chi connectivity index (χ3n) is 3.10. The molecule has 2 aromatic carbocycles. The van der Waals surface area contributed by atoms with Crippen LogP contribution in [0.5, 0.6) is 5.75 Å². The first-order chi connectivity index (χ1) is 10.7. The summed E-state index contributed by atoms with van der Waals surface area (Å²) in [5.74, 6) is -6.75. The molecule has 0 radical (unpaired) electrons. The molecule has 0 amide bonds. The van der Waals surface area contributed by atoms with Crippen LogP contribution < -0.4 is 4.74 Å². The van der Waals surface area contributed by atoms with Crippen LogP contribution in [0.15, 0.2) is 24.3 Å². The molecule has 0 aliphatic rings. The number of benzene rings is 2. The number of hydrogen-bond acceptors (Lipinski definition) is 2. The van der Waals surface area contributed by atoms with Crippen LogP contribution in [-0.2, 0) is 10.7 Å². The van der Waals surface area contributed by atoms with E-state index >= 15 is 0 Å². The number of hydrogen-bond donors (Lipinski definition) is 2. The van der Waals surface area contributed by atoms with E-state index in [1.165, 1.54) is 31.4 Å². The Bertz CT molecular complexity index is 757. The molecule has 0 saturated carbocycles. The number of ether oxygens (including phenoxy) is 1. The van der Waals surface area contributed by atoms with Gasteiger partial charge in [-0.25, -0.2) is 17.6 Å². The van der Waals surface area contributed by atoms with Gasteiger partial charge in [-0.3, -0.25) is 4.57 Å². The molecule has 2 rings (SSSR count). The third-order valence-corrected chi connectivity index (χ3v) is 3.83. The fraction of sp³-hybridized carbons (Fsp3) is 0.143. The van der Waals surface area contributed by atoms with E-state index in [1.807, 2.05) is 0 Å². The smallest absolute Gasteiger partial charge is 0.330 e. The predicted molar refractivity (Wildman–Crippen MR) is 74.0 cm³/mol. The fourth-order valence-corrected chi connectivity index (χ4v) is 2.72. The molecule has 0 saturated heterocycles. The number of halogens is 4. The predicted octanol–water partition coefficient (Wildman–Crippen LogP) is 3.60. The lowest BCUT2D eigenvalue weighted by Gasteiger charge is -2.13. The average molecular weight is 350 g/mol. The quantitative estimate of drug-likeness (QED) is 0.502. The molecule has 2 aromatic rings. The molecule has 0 heterocycles. The molecule has 0 aromatic heterocycles. The zero-order chi connectivity index (χ0) is 17.4. The lowest BCUT2D eigenvalue weighted by Crippen LogP contribution is -2.06. The van der Waals surface area contributed by atoms with Crippen molar-refractivity contribution in [2.75, 3.05) is 7.11 Å². The van der Waals surface area contributed by atoms with Gasteiger partial charge in [-0.1, -0.05) is 12.1 Å². The molecule has 0 aliphatic carbocycles. The monoisotopic (exact) mass is 350 g/mol. The summed E-state index contributed by atoms with van der Waals surface area (Å²) < 4.78 is 71.7. The first kappa shape index (κ1) is 17.5. The summed E-state index contributed by atoms with van der Waals surface area (Å²) >= 11 is 0. The molecule has 0 spiro atoms. The number of rotatable bonds is 4. The van der Waals surface area contributed by atoms with Gasteiger partial charge in [0.2, 0.25) is 0 Å². The average Bonchev–Trinajstić information content (AvgIpc) is 2.49. The minimum Gasteiger partial charge on any atom is -0.497 e. The highest BCUT2D eigenvalue weighted by atomic mass is 31.2. The van der Waals surface area contributed by atoms with E-state index in [4.69, 9.17) is 14.5 Å². The van der Waals surface area contributed by atoms with E-state index in [-0.39, 0.29) is 5.56 Å². The van der Waals surface area contributed by atoms with Crippen molar-refractivity contribution in [3.8, 4) is 16.9 Å². The molecule has 0 aliphatic heterocycles. The Hall–Kier alpha value is -1.89. The van der Waals surface area contributed by atoms with Crippen LogP contribution in [0.2, 0.25) is 0 Å². The Morgan fingerprint density at radius 3 is 1.83 bits per heavy atom. The van der Waals surface area contributed by atoms with Crippen molar-refractivity contribution in [2.45, 2.75) is 6.16 Å². The van der Waals surface area contributed by atoms with E-state index in [1.54, 1.807) is 0 Å². The van der Waals surface area contributed by atoms with Gasteiger partial charge in [0.25, 0.3) is 0 Å². The molecular formula is C14H11F4O4P. The summed E-state index contributed by atoms with van der Waals surface area (Å²) in [5.41, 5.74) is -2.44. The summed E-state index contributed by atoms with van der Waals surface area (Å²) in [7, 11) is -3.54. The molecule has 23 heavy (non-hydrogen) atoms. The van der Waals surface area contributed by atoms with Crippen LogP contribution in [0.1, 0.15) is 5.56 Å². The van der Waals surface area contributed by atoms with Crippen LogP contribution in [0.25, 0.3) is 11.1 Å². The molecule has 124 valence electrons. The van der Waals surface area contributed by atoms with E-state index < -0.39 is 48.2 Å². The highest BCUT2D eigenvalue weighted by molar-refractivity contribution is 7.50. The van der Waals surface area contributed by atoms with Crippen molar-refractivity contribution in [3.63, 3.8) is 0 Å².